The topological polar surface area (TPSA) is 46.4 Å². The Kier molecular flexibility index (Phi) is 3.06. The van der Waals surface area contributed by atoms with Crippen molar-refractivity contribution < 1.29 is 18.1 Å². The first-order valence-electron chi connectivity index (χ1n) is 4.26. The van der Waals surface area contributed by atoms with Crippen LogP contribution in [0.2, 0.25) is 0 Å². The highest BCUT2D eigenvalue weighted by atomic mass is 19.4. The molecule has 0 saturated heterocycles. The Labute approximate surface area is 89.4 Å². The maximum absolute atomic E-state index is 12.4. The van der Waals surface area contributed by atoms with Crippen molar-refractivity contribution in [2.24, 2.45) is 0 Å². The van der Waals surface area contributed by atoms with E-state index in [1.807, 2.05) is 0 Å². The van der Waals surface area contributed by atoms with Crippen molar-refractivity contribution in [3.8, 4) is 0 Å². The lowest BCUT2D eigenvalue weighted by atomic mass is 10.1. The molecule has 0 amide bonds. The highest BCUT2D eigenvalue weighted by molar-refractivity contribution is 5.64. The molecule has 88 valence electrons. The van der Waals surface area contributed by atoms with Gasteiger partial charge in [-0.2, -0.15) is 13.2 Å². The van der Waals surface area contributed by atoms with E-state index in [2.05, 4.69) is 0 Å². The van der Waals surface area contributed by atoms with E-state index < -0.39 is 16.7 Å². The van der Waals surface area contributed by atoms with Crippen molar-refractivity contribution in [3.05, 3.63) is 33.9 Å². The van der Waals surface area contributed by atoms with Crippen LogP contribution in [0.5, 0.6) is 0 Å². The second-order valence-electron chi connectivity index (χ2n) is 3.35. The normalized spacial score (nSPS) is 11.3. The Morgan fingerprint density at radius 1 is 1.31 bits per heavy atom. The molecular formula is C9H9F3N2O2. The number of benzene rings is 1. The number of anilines is 1. The van der Waals surface area contributed by atoms with Crippen LogP contribution in [0.3, 0.4) is 0 Å². The molecule has 0 heterocycles. The zero-order valence-corrected chi connectivity index (χ0v) is 8.58. The van der Waals surface area contributed by atoms with Crippen molar-refractivity contribution in [3.63, 3.8) is 0 Å². The largest absolute Gasteiger partial charge is 0.416 e. The van der Waals surface area contributed by atoms with Gasteiger partial charge in [0.05, 0.1) is 10.5 Å². The molecule has 0 radical (unpaired) electrons. The van der Waals surface area contributed by atoms with Gasteiger partial charge in [0.2, 0.25) is 0 Å². The van der Waals surface area contributed by atoms with Crippen LogP contribution in [0.25, 0.3) is 0 Å². The van der Waals surface area contributed by atoms with Crippen molar-refractivity contribution in [1.29, 1.82) is 0 Å². The molecule has 0 aliphatic rings. The van der Waals surface area contributed by atoms with Gasteiger partial charge in [-0.05, 0) is 12.1 Å². The first-order chi connectivity index (χ1) is 7.23. The Bertz CT molecular complexity index is 416. The molecule has 1 aromatic carbocycles. The maximum atomic E-state index is 12.4. The fourth-order valence-corrected chi connectivity index (χ4v) is 1.21. The van der Waals surface area contributed by atoms with Gasteiger partial charge in [-0.3, -0.25) is 10.1 Å². The zero-order chi connectivity index (χ0) is 12.5. The maximum Gasteiger partial charge on any atom is 0.416 e. The summed E-state index contributed by atoms with van der Waals surface area (Å²) >= 11 is 0. The third-order valence-corrected chi connectivity index (χ3v) is 1.98. The number of nitro groups is 1. The molecular weight excluding hydrogens is 225 g/mol. The molecule has 0 fully saturated rings. The summed E-state index contributed by atoms with van der Waals surface area (Å²) < 4.78 is 37.1. The lowest BCUT2D eigenvalue weighted by Crippen LogP contribution is -2.13. The molecule has 0 aliphatic carbocycles. The molecule has 0 atom stereocenters. The van der Waals surface area contributed by atoms with E-state index in [4.69, 9.17) is 0 Å². The molecule has 0 bridgehead atoms. The fraction of sp³-hybridized carbons (Fsp3) is 0.333. The van der Waals surface area contributed by atoms with Crippen molar-refractivity contribution in [1.82, 2.24) is 0 Å². The summed E-state index contributed by atoms with van der Waals surface area (Å²) in [4.78, 5) is 11.1. The molecule has 0 aliphatic heterocycles. The van der Waals surface area contributed by atoms with E-state index in [0.29, 0.717) is 6.07 Å². The Balaban J connectivity index is 3.34. The number of nitrogens with zero attached hydrogens (tertiary/aromatic N) is 2. The molecule has 0 spiro atoms. The highest BCUT2D eigenvalue weighted by Crippen LogP contribution is 2.35. The summed E-state index contributed by atoms with van der Waals surface area (Å²) in [6.07, 6.45) is -4.50. The molecule has 1 rings (SSSR count). The van der Waals surface area contributed by atoms with Gasteiger partial charge >= 0.3 is 6.18 Å². The lowest BCUT2D eigenvalue weighted by molar-refractivity contribution is -0.384. The quantitative estimate of drug-likeness (QED) is 0.583. The van der Waals surface area contributed by atoms with E-state index >= 15 is 0 Å². The number of hydrogen-bond donors (Lipinski definition) is 0. The van der Waals surface area contributed by atoms with Crippen LogP contribution in [-0.2, 0) is 6.18 Å². The van der Waals surface area contributed by atoms with E-state index in [1.54, 1.807) is 0 Å². The van der Waals surface area contributed by atoms with E-state index in [1.165, 1.54) is 19.0 Å². The Morgan fingerprint density at radius 3 is 2.25 bits per heavy atom. The smallest absolute Gasteiger partial charge is 0.372 e. The summed E-state index contributed by atoms with van der Waals surface area (Å²) in [5, 5.41) is 10.6. The summed E-state index contributed by atoms with van der Waals surface area (Å²) in [7, 11) is 2.89. The lowest BCUT2D eigenvalue weighted by Gasteiger charge is -2.15. The van der Waals surface area contributed by atoms with Crippen LogP contribution in [0.15, 0.2) is 18.2 Å². The van der Waals surface area contributed by atoms with Crippen molar-refractivity contribution in [2.45, 2.75) is 6.18 Å². The van der Waals surface area contributed by atoms with E-state index in [-0.39, 0.29) is 11.4 Å². The van der Waals surface area contributed by atoms with Crippen LogP contribution < -0.4 is 4.90 Å². The predicted octanol–water partition coefficient (Wildman–Crippen LogP) is 2.68. The molecule has 0 aromatic heterocycles. The molecule has 0 N–H and O–H groups in total. The standard InChI is InChI=1S/C9H9F3N2O2/c1-13(2)8-5-6(9(10,11)12)3-4-7(8)14(15)16/h3-5H,1-2H3. The highest BCUT2D eigenvalue weighted by Gasteiger charge is 2.32. The van der Waals surface area contributed by atoms with Crippen LogP contribution in [0.4, 0.5) is 24.5 Å². The van der Waals surface area contributed by atoms with Crippen molar-refractivity contribution >= 4 is 11.4 Å². The van der Waals surface area contributed by atoms with Gasteiger partial charge < -0.3 is 4.90 Å². The Hall–Kier alpha value is -1.79. The van der Waals surface area contributed by atoms with Crippen LogP contribution >= 0.6 is 0 Å². The summed E-state index contributed by atoms with van der Waals surface area (Å²) in [6.45, 7) is 0. The van der Waals surface area contributed by atoms with Gasteiger partial charge in [0.15, 0.2) is 0 Å². The van der Waals surface area contributed by atoms with Crippen molar-refractivity contribution in [2.75, 3.05) is 19.0 Å². The van der Waals surface area contributed by atoms with Gasteiger partial charge in [-0.15, -0.1) is 0 Å². The van der Waals surface area contributed by atoms with Crippen LogP contribution in [0, 0.1) is 10.1 Å². The second kappa shape index (κ2) is 3.99. The molecule has 7 heteroatoms. The predicted molar refractivity (Wildman–Crippen MR) is 52.4 cm³/mol. The number of halogens is 3. The average Bonchev–Trinajstić information content (AvgIpc) is 2.15. The SMILES string of the molecule is CN(C)c1cc(C(F)(F)F)ccc1[N+](=O)[O-]. The monoisotopic (exact) mass is 234 g/mol. The molecule has 0 saturated carbocycles. The molecule has 0 unspecified atom stereocenters. The Morgan fingerprint density at radius 2 is 1.88 bits per heavy atom. The minimum absolute atomic E-state index is 0.0696. The van der Waals surface area contributed by atoms with Gasteiger partial charge in [0.1, 0.15) is 5.69 Å². The number of nitro benzene ring substituents is 1. The summed E-state index contributed by atoms with van der Waals surface area (Å²) in [5.74, 6) is 0. The molecule has 1 aromatic rings. The van der Waals surface area contributed by atoms with E-state index in [9.17, 15) is 23.3 Å². The first-order valence-corrected chi connectivity index (χ1v) is 4.26. The number of rotatable bonds is 2. The molecule has 4 nitrogen and oxygen atoms in total. The average molecular weight is 234 g/mol. The van der Waals surface area contributed by atoms with Gasteiger partial charge in [0, 0.05) is 20.2 Å². The summed E-state index contributed by atoms with van der Waals surface area (Å²) in [6, 6.07) is 2.32. The van der Waals surface area contributed by atoms with Gasteiger partial charge in [-0.25, -0.2) is 0 Å². The van der Waals surface area contributed by atoms with Crippen LogP contribution in [-0.4, -0.2) is 19.0 Å². The number of alkyl halides is 3. The number of hydrogen-bond acceptors (Lipinski definition) is 3. The van der Waals surface area contributed by atoms with E-state index in [0.717, 1.165) is 12.1 Å². The third kappa shape index (κ3) is 2.41. The summed E-state index contributed by atoms with van der Waals surface area (Å²) in [5.41, 5.74) is -1.32. The first kappa shape index (κ1) is 12.3. The van der Waals surface area contributed by atoms with Gasteiger partial charge in [-0.1, -0.05) is 0 Å². The third-order valence-electron chi connectivity index (χ3n) is 1.98. The zero-order valence-electron chi connectivity index (χ0n) is 8.58. The minimum atomic E-state index is -4.50. The second-order valence-corrected chi connectivity index (χ2v) is 3.35. The fourth-order valence-electron chi connectivity index (χ4n) is 1.21. The minimum Gasteiger partial charge on any atom is -0.372 e. The van der Waals surface area contributed by atoms with Crippen LogP contribution in [0.1, 0.15) is 5.56 Å². The molecule has 16 heavy (non-hydrogen) atoms. The van der Waals surface area contributed by atoms with Gasteiger partial charge in [0.25, 0.3) is 5.69 Å².